The van der Waals surface area contributed by atoms with Gasteiger partial charge in [0.25, 0.3) is 5.56 Å². The molecule has 0 aliphatic heterocycles. The van der Waals surface area contributed by atoms with E-state index in [0.29, 0.717) is 25.9 Å². The molecule has 4 aromatic rings. The summed E-state index contributed by atoms with van der Waals surface area (Å²) in [6.07, 6.45) is 1.40. The van der Waals surface area contributed by atoms with E-state index in [0.717, 1.165) is 16.7 Å². The highest BCUT2D eigenvalue weighted by atomic mass is 35.5. The van der Waals surface area contributed by atoms with Crippen LogP contribution in [0.25, 0.3) is 21.3 Å². The molecule has 0 saturated heterocycles. The fraction of sp³-hybridized carbons (Fsp3) is 0.0952. The third-order valence-electron chi connectivity index (χ3n) is 4.49. The van der Waals surface area contributed by atoms with Gasteiger partial charge in [-0.1, -0.05) is 35.3 Å². The molecule has 0 atom stereocenters. The topological polar surface area (TPSA) is 64.0 Å². The Kier molecular flexibility index (Phi) is 5.41. The number of amides is 1. The number of thiophene rings is 1. The second kappa shape index (κ2) is 7.99. The zero-order chi connectivity index (χ0) is 20.5. The Labute approximate surface area is 180 Å². The molecular formula is C21H15Cl2N3O2S. The number of halogens is 2. The van der Waals surface area contributed by atoms with Gasteiger partial charge >= 0.3 is 0 Å². The number of hydrogen-bond acceptors (Lipinski definition) is 4. The number of fused-ring (bicyclic) bond motifs is 1. The number of hydrogen-bond donors (Lipinski definition) is 1. The number of nitrogens with one attached hydrogen (secondary N) is 1. The van der Waals surface area contributed by atoms with Crippen molar-refractivity contribution in [3.05, 3.63) is 80.1 Å². The van der Waals surface area contributed by atoms with Crippen LogP contribution in [0.3, 0.4) is 0 Å². The lowest BCUT2D eigenvalue weighted by Gasteiger charge is -2.10. The van der Waals surface area contributed by atoms with E-state index in [1.807, 2.05) is 24.4 Å². The molecule has 1 N–H and O–H groups in total. The first-order chi connectivity index (χ1) is 13.9. The summed E-state index contributed by atoms with van der Waals surface area (Å²) in [7, 11) is 0. The van der Waals surface area contributed by atoms with E-state index >= 15 is 0 Å². The van der Waals surface area contributed by atoms with E-state index in [4.69, 9.17) is 23.2 Å². The quantitative estimate of drug-likeness (QED) is 0.460. The first-order valence-corrected chi connectivity index (χ1v) is 10.3. The molecule has 0 aliphatic carbocycles. The molecule has 4 rings (SSSR count). The van der Waals surface area contributed by atoms with Crippen molar-refractivity contribution in [2.75, 3.05) is 5.32 Å². The average molecular weight is 444 g/mol. The van der Waals surface area contributed by atoms with Crippen molar-refractivity contribution in [3.8, 4) is 11.1 Å². The third kappa shape index (κ3) is 4.05. The molecule has 2 aromatic heterocycles. The minimum Gasteiger partial charge on any atom is -0.324 e. The lowest BCUT2D eigenvalue weighted by Crippen LogP contribution is -2.28. The van der Waals surface area contributed by atoms with Gasteiger partial charge in [0.15, 0.2) is 0 Å². The van der Waals surface area contributed by atoms with Gasteiger partial charge in [-0.15, -0.1) is 11.3 Å². The van der Waals surface area contributed by atoms with E-state index in [-0.39, 0.29) is 18.0 Å². The first-order valence-electron chi connectivity index (χ1n) is 8.71. The molecule has 0 radical (unpaired) electrons. The summed E-state index contributed by atoms with van der Waals surface area (Å²) in [5, 5.41) is 6.42. The number of aromatic nitrogens is 2. The van der Waals surface area contributed by atoms with Crippen molar-refractivity contribution >= 4 is 56.3 Å². The maximum atomic E-state index is 13.1. The van der Waals surface area contributed by atoms with E-state index in [2.05, 4.69) is 10.3 Å². The van der Waals surface area contributed by atoms with Gasteiger partial charge in [0, 0.05) is 26.7 Å². The Balaban J connectivity index is 1.65. The lowest BCUT2D eigenvalue weighted by molar-refractivity contribution is -0.116. The maximum Gasteiger partial charge on any atom is 0.263 e. The molecule has 5 nitrogen and oxygen atoms in total. The predicted octanol–water partition coefficient (Wildman–Crippen LogP) is 5.38. The minimum absolute atomic E-state index is 0.139. The fourth-order valence-electron chi connectivity index (χ4n) is 3.03. The van der Waals surface area contributed by atoms with Crippen LogP contribution in [0.2, 0.25) is 10.0 Å². The smallest absolute Gasteiger partial charge is 0.263 e. The van der Waals surface area contributed by atoms with Gasteiger partial charge in [0.1, 0.15) is 11.4 Å². The number of carbonyl (C=O) groups is 1. The molecule has 2 aromatic carbocycles. The molecule has 146 valence electrons. The predicted molar refractivity (Wildman–Crippen MR) is 119 cm³/mol. The van der Waals surface area contributed by atoms with Crippen molar-refractivity contribution in [1.29, 1.82) is 0 Å². The van der Waals surface area contributed by atoms with Gasteiger partial charge in [0.2, 0.25) is 5.91 Å². The second-order valence-corrected chi connectivity index (χ2v) is 8.25. The molecule has 0 saturated carbocycles. The van der Waals surface area contributed by atoms with Crippen LogP contribution in [-0.4, -0.2) is 15.5 Å². The van der Waals surface area contributed by atoms with Crippen LogP contribution in [-0.2, 0) is 11.3 Å². The van der Waals surface area contributed by atoms with Crippen LogP contribution >= 0.6 is 34.5 Å². The highest BCUT2D eigenvalue weighted by molar-refractivity contribution is 7.17. The number of anilines is 1. The molecule has 2 heterocycles. The fourth-order valence-corrected chi connectivity index (χ4v) is 4.29. The standard InChI is InChI=1S/C21H15Cl2N3O2S/c1-12-8-15(23)6-7-17(12)25-18(27)9-26-11-24-20-19(21(26)28)16(10-29-20)13-2-4-14(22)5-3-13/h2-8,10-11H,9H2,1H3,(H,25,27). The van der Waals surface area contributed by atoms with Gasteiger partial charge in [-0.2, -0.15) is 0 Å². The Bertz CT molecular complexity index is 1280. The van der Waals surface area contributed by atoms with E-state index in [9.17, 15) is 9.59 Å². The van der Waals surface area contributed by atoms with Crippen molar-refractivity contribution in [2.45, 2.75) is 13.5 Å². The van der Waals surface area contributed by atoms with Gasteiger partial charge < -0.3 is 5.32 Å². The molecule has 0 bridgehead atoms. The highest BCUT2D eigenvalue weighted by Gasteiger charge is 2.15. The number of nitrogens with zero attached hydrogens (tertiary/aromatic N) is 2. The number of carbonyl (C=O) groups excluding carboxylic acids is 1. The molecule has 0 fully saturated rings. The first kappa shape index (κ1) is 19.6. The Morgan fingerprint density at radius 2 is 1.86 bits per heavy atom. The summed E-state index contributed by atoms with van der Waals surface area (Å²) in [4.78, 5) is 30.5. The normalized spacial score (nSPS) is 11.0. The maximum absolute atomic E-state index is 13.1. The molecule has 1 amide bonds. The lowest BCUT2D eigenvalue weighted by atomic mass is 10.1. The zero-order valence-electron chi connectivity index (χ0n) is 15.3. The minimum atomic E-state index is -0.318. The van der Waals surface area contributed by atoms with E-state index < -0.39 is 0 Å². The van der Waals surface area contributed by atoms with Gasteiger partial charge in [0.05, 0.1) is 11.7 Å². The van der Waals surface area contributed by atoms with Crippen LogP contribution in [0.5, 0.6) is 0 Å². The number of rotatable bonds is 4. The summed E-state index contributed by atoms with van der Waals surface area (Å²) >= 11 is 13.3. The average Bonchev–Trinajstić information content (AvgIpc) is 3.12. The summed E-state index contributed by atoms with van der Waals surface area (Å²) < 4.78 is 1.31. The molecule has 0 unspecified atom stereocenters. The largest absolute Gasteiger partial charge is 0.324 e. The molecule has 29 heavy (non-hydrogen) atoms. The van der Waals surface area contributed by atoms with Crippen molar-refractivity contribution < 1.29 is 4.79 Å². The Morgan fingerprint density at radius 1 is 1.14 bits per heavy atom. The van der Waals surface area contributed by atoms with Gasteiger partial charge in [-0.25, -0.2) is 4.98 Å². The van der Waals surface area contributed by atoms with E-state index in [1.165, 1.54) is 22.2 Å². The summed E-state index contributed by atoms with van der Waals surface area (Å²) in [5.74, 6) is -0.318. The van der Waals surface area contributed by atoms with Crippen LogP contribution in [0.15, 0.2) is 59.0 Å². The van der Waals surface area contributed by atoms with Crippen LogP contribution in [0.1, 0.15) is 5.56 Å². The van der Waals surface area contributed by atoms with E-state index in [1.54, 1.807) is 30.3 Å². The monoisotopic (exact) mass is 443 g/mol. The van der Waals surface area contributed by atoms with Crippen molar-refractivity contribution in [2.24, 2.45) is 0 Å². The highest BCUT2D eigenvalue weighted by Crippen LogP contribution is 2.31. The third-order valence-corrected chi connectivity index (χ3v) is 5.87. The van der Waals surface area contributed by atoms with Crippen LogP contribution in [0, 0.1) is 6.92 Å². The van der Waals surface area contributed by atoms with Crippen molar-refractivity contribution in [3.63, 3.8) is 0 Å². The Morgan fingerprint density at radius 3 is 2.59 bits per heavy atom. The second-order valence-electron chi connectivity index (χ2n) is 6.52. The number of benzene rings is 2. The summed E-state index contributed by atoms with van der Waals surface area (Å²) in [6.45, 7) is 1.71. The molecule has 0 spiro atoms. The van der Waals surface area contributed by atoms with Gasteiger partial charge in [-0.05, 0) is 48.4 Å². The number of aryl methyl sites for hydroxylation is 1. The summed E-state index contributed by atoms with van der Waals surface area (Å²) in [6, 6.07) is 12.5. The van der Waals surface area contributed by atoms with Crippen molar-refractivity contribution in [1.82, 2.24) is 9.55 Å². The van der Waals surface area contributed by atoms with Crippen LogP contribution < -0.4 is 10.9 Å². The SMILES string of the molecule is Cc1cc(Cl)ccc1NC(=O)Cn1cnc2scc(-c3ccc(Cl)cc3)c2c1=O. The van der Waals surface area contributed by atoms with Gasteiger partial charge in [-0.3, -0.25) is 14.2 Å². The Hall–Kier alpha value is -2.67. The zero-order valence-corrected chi connectivity index (χ0v) is 17.6. The molecular weight excluding hydrogens is 429 g/mol. The molecule has 8 heteroatoms. The molecule has 0 aliphatic rings. The summed E-state index contributed by atoms with van der Waals surface area (Å²) in [5.41, 5.74) is 2.89. The van der Waals surface area contributed by atoms with Crippen LogP contribution in [0.4, 0.5) is 5.69 Å².